The summed E-state index contributed by atoms with van der Waals surface area (Å²) in [6, 6.07) is 22.4. The zero-order valence-electron chi connectivity index (χ0n) is 19.0. The Bertz CT molecular complexity index is 1130. The summed E-state index contributed by atoms with van der Waals surface area (Å²) in [7, 11) is 2.19. The molecule has 1 saturated heterocycles. The number of carboxylic acids is 1. The predicted octanol–water partition coefficient (Wildman–Crippen LogP) is 4.46. The van der Waals surface area contributed by atoms with Gasteiger partial charge in [0, 0.05) is 31.2 Å². The smallest absolute Gasteiger partial charge is 0.339 e. The van der Waals surface area contributed by atoms with E-state index in [-0.39, 0.29) is 16.7 Å². The lowest BCUT2D eigenvalue weighted by Crippen LogP contribution is -2.47. The van der Waals surface area contributed by atoms with Gasteiger partial charge in [0.1, 0.15) is 17.1 Å². The summed E-state index contributed by atoms with van der Waals surface area (Å²) in [6.45, 7) is 4.55. The van der Waals surface area contributed by atoms with Crippen LogP contribution in [0, 0.1) is 0 Å². The van der Waals surface area contributed by atoms with Crippen LogP contribution in [0.4, 0.5) is 5.69 Å². The molecule has 0 amide bonds. The summed E-state index contributed by atoms with van der Waals surface area (Å²) in [5.41, 5.74) is 4.01. The first-order valence-electron chi connectivity index (χ1n) is 11.2. The highest BCUT2D eigenvalue weighted by atomic mass is 16.4. The van der Waals surface area contributed by atoms with Crippen molar-refractivity contribution < 1.29 is 20.1 Å². The molecule has 5 rings (SSSR count). The number of hydrogen-bond donors (Lipinski definition) is 3. The van der Waals surface area contributed by atoms with Crippen LogP contribution in [0.2, 0.25) is 0 Å². The summed E-state index contributed by atoms with van der Waals surface area (Å²) in [5, 5.41) is 27.2. The summed E-state index contributed by atoms with van der Waals surface area (Å²) >= 11 is 0. The predicted molar refractivity (Wildman–Crippen MR) is 129 cm³/mol. The number of rotatable bonds is 4. The number of likely N-dealkylation sites (N-methyl/N-ethyl adjacent to an activating group) is 1. The Labute approximate surface area is 194 Å². The van der Waals surface area contributed by atoms with Gasteiger partial charge in [0.05, 0.1) is 6.17 Å². The van der Waals surface area contributed by atoms with E-state index in [1.807, 2.05) is 6.07 Å². The third-order valence-electron chi connectivity index (χ3n) is 6.84. The Morgan fingerprint density at radius 2 is 1.73 bits per heavy atom. The first-order valence-corrected chi connectivity index (χ1v) is 11.2. The van der Waals surface area contributed by atoms with Crippen LogP contribution in [0.25, 0.3) is 0 Å². The molecule has 2 atom stereocenters. The van der Waals surface area contributed by atoms with Gasteiger partial charge in [-0.3, -0.25) is 4.90 Å². The minimum Gasteiger partial charge on any atom is -0.508 e. The fourth-order valence-corrected chi connectivity index (χ4v) is 5.20. The van der Waals surface area contributed by atoms with Gasteiger partial charge >= 0.3 is 5.97 Å². The van der Waals surface area contributed by atoms with E-state index in [9.17, 15) is 9.90 Å². The Hall–Kier alpha value is -3.51. The quantitative estimate of drug-likeness (QED) is 0.549. The van der Waals surface area contributed by atoms with E-state index >= 15 is 0 Å². The van der Waals surface area contributed by atoms with Crippen LogP contribution in [0.3, 0.4) is 0 Å². The number of aromatic carboxylic acids is 1. The van der Waals surface area contributed by atoms with E-state index in [0.717, 1.165) is 25.9 Å². The summed E-state index contributed by atoms with van der Waals surface area (Å²) < 4.78 is 0. The highest BCUT2D eigenvalue weighted by Crippen LogP contribution is 2.52. The number of phenols is 2. The van der Waals surface area contributed by atoms with Crippen molar-refractivity contribution in [2.24, 2.45) is 0 Å². The molecular weight excluding hydrogens is 416 g/mol. The number of nitrogens with zero attached hydrogens (tertiary/aromatic N) is 2. The summed E-state index contributed by atoms with van der Waals surface area (Å²) in [6.07, 6.45) is 2.62. The molecule has 172 valence electrons. The maximum absolute atomic E-state index is 10.3. The first-order chi connectivity index (χ1) is 15.8. The molecule has 2 unspecified atom stereocenters. The highest BCUT2D eigenvalue weighted by molar-refractivity contribution is 5.90. The maximum atomic E-state index is 10.3. The van der Waals surface area contributed by atoms with Gasteiger partial charge in [0.15, 0.2) is 0 Å². The molecule has 0 aliphatic carbocycles. The largest absolute Gasteiger partial charge is 0.508 e. The van der Waals surface area contributed by atoms with Crippen molar-refractivity contribution in [3.05, 3.63) is 89.5 Å². The standard InChI is InChI=1S/C20H24N2O.C7H6O3/c1-20-11-13-22(12-10-15-6-4-3-5-7-15)19(20)21(2)18-9-8-16(23)14-17(18)20;8-6-4-2-1-3-5(6)7(9)10/h3-9,14,19,23H,10-13H2,1-2H3;1-4,8H,(H,9,10). The van der Waals surface area contributed by atoms with Gasteiger partial charge in [0.25, 0.3) is 0 Å². The second-order valence-corrected chi connectivity index (χ2v) is 8.95. The third-order valence-corrected chi connectivity index (χ3v) is 6.84. The van der Waals surface area contributed by atoms with Crippen molar-refractivity contribution >= 4 is 11.7 Å². The molecule has 33 heavy (non-hydrogen) atoms. The lowest BCUT2D eigenvalue weighted by molar-refractivity contribution is 0.0693. The molecule has 2 aliphatic heterocycles. The van der Waals surface area contributed by atoms with Gasteiger partial charge in [0.2, 0.25) is 0 Å². The highest BCUT2D eigenvalue weighted by Gasteiger charge is 2.53. The van der Waals surface area contributed by atoms with Crippen molar-refractivity contribution in [3.8, 4) is 11.5 Å². The van der Waals surface area contributed by atoms with Crippen molar-refractivity contribution in [1.82, 2.24) is 4.90 Å². The van der Waals surface area contributed by atoms with Crippen molar-refractivity contribution in [1.29, 1.82) is 0 Å². The maximum Gasteiger partial charge on any atom is 0.339 e. The molecule has 0 spiro atoms. The van der Waals surface area contributed by atoms with Gasteiger partial charge in [-0.05, 0) is 54.3 Å². The number of fused-ring (bicyclic) bond motifs is 3. The fraction of sp³-hybridized carbons (Fsp3) is 0.296. The number of hydrogen-bond acceptors (Lipinski definition) is 5. The van der Waals surface area contributed by atoms with Crippen molar-refractivity contribution in [3.63, 3.8) is 0 Å². The molecule has 0 radical (unpaired) electrons. The molecule has 2 heterocycles. The van der Waals surface area contributed by atoms with Crippen LogP contribution >= 0.6 is 0 Å². The summed E-state index contributed by atoms with van der Waals surface area (Å²) in [5.74, 6) is -0.935. The molecule has 3 N–H and O–H groups in total. The first kappa shape index (κ1) is 22.7. The van der Waals surface area contributed by atoms with Gasteiger partial charge in [-0.15, -0.1) is 0 Å². The molecular formula is C27H30N2O4. The van der Waals surface area contributed by atoms with E-state index in [1.165, 1.54) is 28.9 Å². The normalized spacial score (nSPS) is 21.2. The van der Waals surface area contributed by atoms with Gasteiger partial charge in [-0.25, -0.2) is 4.79 Å². The molecule has 0 saturated carbocycles. The molecule has 3 aromatic rings. The lowest BCUT2D eigenvalue weighted by atomic mass is 9.81. The third kappa shape index (κ3) is 4.39. The molecule has 3 aromatic carbocycles. The minimum absolute atomic E-state index is 0.0671. The Kier molecular flexibility index (Phi) is 6.29. The lowest BCUT2D eigenvalue weighted by Gasteiger charge is -2.34. The number of benzene rings is 3. The second kappa shape index (κ2) is 9.16. The van der Waals surface area contributed by atoms with Crippen molar-refractivity contribution in [2.45, 2.75) is 31.3 Å². The van der Waals surface area contributed by atoms with E-state index < -0.39 is 5.97 Å². The number of likely N-dealkylation sites (tertiary alicyclic amines) is 1. The Balaban J connectivity index is 0.000000219. The molecule has 0 bridgehead atoms. The van der Waals surface area contributed by atoms with Gasteiger partial charge in [-0.2, -0.15) is 0 Å². The second-order valence-electron chi connectivity index (χ2n) is 8.95. The number of carbonyl (C=O) groups is 1. The number of para-hydroxylation sites is 1. The van der Waals surface area contributed by atoms with Crippen LogP contribution in [-0.4, -0.2) is 52.5 Å². The van der Waals surface area contributed by atoms with E-state index in [0.29, 0.717) is 11.9 Å². The van der Waals surface area contributed by atoms with Gasteiger partial charge < -0.3 is 20.2 Å². The van der Waals surface area contributed by atoms with Crippen LogP contribution in [0.1, 0.15) is 34.8 Å². The average molecular weight is 447 g/mol. The van der Waals surface area contributed by atoms with Crippen LogP contribution in [-0.2, 0) is 11.8 Å². The number of aromatic hydroxyl groups is 2. The molecule has 2 aliphatic rings. The van der Waals surface area contributed by atoms with Crippen LogP contribution in [0.5, 0.6) is 11.5 Å². The molecule has 0 aromatic heterocycles. The van der Waals surface area contributed by atoms with E-state index in [2.05, 4.69) is 60.2 Å². The Morgan fingerprint density at radius 1 is 1.03 bits per heavy atom. The van der Waals surface area contributed by atoms with Crippen molar-refractivity contribution in [2.75, 3.05) is 25.0 Å². The Morgan fingerprint density at radius 3 is 2.39 bits per heavy atom. The van der Waals surface area contributed by atoms with E-state index in [1.54, 1.807) is 18.2 Å². The zero-order valence-corrected chi connectivity index (χ0v) is 19.0. The SMILES string of the molecule is CN1c2ccc(O)cc2C2(C)CCN(CCc3ccccc3)C12.O=C(O)c1ccccc1O. The van der Waals surface area contributed by atoms with Gasteiger partial charge in [-0.1, -0.05) is 49.4 Å². The topological polar surface area (TPSA) is 84.2 Å². The molecule has 1 fully saturated rings. The number of anilines is 1. The average Bonchev–Trinajstić information content (AvgIpc) is 3.25. The van der Waals surface area contributed by atoms with Crippen LogP contribution in [0.15, 0.2) is 72.8 Å². The summed E-state index contributed by atoms with van der Waals surface area (Å²) in [4.78, 5) is 15.3. The van der Waals surface area contributed by atoms with Crippen LogP contribution < -0.4 is 4.90 Å². The van der Waals surface area contributed by atoms with E-state index in [4.69, 9.17) is 10.2 Å². The fourth-order valence-electron chi connectivity index (χ4n) is 5.20. The zero-order chi connectivity index (χ0) is 23.6. The monoisotopic (exact) mass is 446 g/mol. The molecule has 6 heteroatoms. The number of carboxylic acid groups (broad SMARTS) is 1. The number of phenolic OH excluding ortho intramolecular Hbond substituents is 1. The minimum atomic E-state index is -1.11. The molecule has 6 nitrogen and oxygen atoms in total.